The van der Waals surface area contributed by atoms with E-state index >= 15 is 0 Å². The number of halogens is 1. The highest BCUT2D eigenvalue weighted by Gasteiger charge is 2.68. The Morgan fingerprint density at radius 1 is 1.37 bits per heavy atom. The minimum atomic E-state index is -1.76. The van der Waals surface area contributed by atoms with Crippen LogP contribution in [0.1, 0.15) is 33.1 Å². The molecule has 0 aromatic carbocycles. The summed E-state index contributed by atoms with van der Waals surface area (Å²) in [6.07, 6.45) is 7.08. The maximum Gasteiger partial charge on any atom is 0.227 e. The van der Waals surface area contributed by atoms with Crippen molar-refractivity contribution in [1.82, 2.24) is 0 Å². The Bertz CT molecular complexity index is 842. The second-order valence-corrected chi connectivity index (χ2v) is 9.28. The first-order valence-electron chi connectivity index (χ1n) is 9.31. The predicted molar refractivity (Wildman–Crippen MR) is 98.7 cm³/mol. The Morgan fingerprint density at radius 3 is 2.74 bits per heavy atom. The molecule has 7 atom stereocenters. The van der Waals surface area contributed by atoms with Crippen molar-refractivity contribution in [1.29, 1.82) is 0 Å². The van der Waals surface area contributed by atoms with E-state index in [4.69, 9.17) is 11.6 Å². The first-order valence-corrected chi connectivity index (χ1v) is 9.69. The molecule has 0 saturated heterocycles. The molecule has 2 saturated carbocycles. The molecule has 0 spiro atoms. The summed E-state index contributed by atoms with van der Waals surface area (Å²) in [6.45, 7) is 3.76. The first kappa shape index (κ1) is 18.8. The summed E-state index contributed by atoms with van der Waals surface area (Å²) in [5.74, 6) is -1.44. The maximum atomic E-state index is 12.3. The zero-order valence-corrected chi connectivity index (χ0v) is 16.1. The van der Waals surface area contributed by atoms with Crippen LogP contribution < -0.4 is 0 Å². The molecule has 0 aromatic rings. The SMILES string of the molecule is C[C@]12C=CC(=O)C=C1C(Cl)=C[C@@H]1[C@@H]2[C@@H](O)C[C@@]2(C)[C@H]1CC[C@]2(O)C(=O)C=O. The summed E-state index contributed by atoms with van der Waals surface area (Å²) in [5.41, 5.74) is -2.56. The van der Waals surface area contributed by atoms with Gasteiger partial charge >= 0.3 is 0 Å². The summed E-state index contributed by atoms with van der Waals surface area (Å²) in [6, 6.07) is 0. The largest absolute Gasteiger partial charge is 0.393 e. The lowest BCUT2D eigenvalue weighted by atomic mass is 9.48. The van der Waals surface area contributed by atoms with Crippen LogP contribution in [-0.4, -0.2) is 39.8 Å². The molecule has 27 heavy (non-hydrogen) atoms. The number of carbonyl (C=O) groups is 3. The van der Waals surface area contributed by atoms with Crippen LogP contribution in [0, 0.1) is 28.6 Å². The van der Waals surface area contributed by atoms with E-state index in [1.807, 2.05) is 19.1 Å². The fourth-order valence-corrected chi connectivity index (χ4v) is 6.77. The van der Waals surface area contributed by atoms with Gasteiger partial charge in [0.25, 0.3) is 0 Å². The van der Waals surface area contributed by atoms with Gasteiger partial charge in [0, 0.05) is 21.8 Å². The van der Waals surface area contributed by atoms with Crippen molar-refractivity contribution in [3.63, 3.8) is 0 Å². The third-order valence-corrected chi connectivity index (χ3v) is 8.10. The number of ketones is 2. The quantitative estimate of drug-likeness (QED) is 0.556. The van der Waals surface area contributed by atoms with Gasteiger partial charge in [-0.05, 0) is 48.8 Å². The number of hydrogen-bond donors (Lipinski definition) is 2. The molecule has 5 nitrogen and oxygen atoms in total. The third kappa shape index (κ3) is 2.22. The van der Waals surface area contributed by atoms with Crippen molar-refractivity contribution in [2.75, 3.05) is 0 Å². The Labute approximate surface area is 162 Å². The lowest BCUT2D eigenvalue weighted by Crippen LogP contribution is -2.61. The fourth-order valence-electron chi connectivity index (χ4n) is 6.37. The summed E-state index contributed by atoms with van der Waals surface area (Å²) < 4.78 is 0. The standard InChI is InChI=1S/C21H23ClO5/c1-19-5-3-11(24)7-14(19)15(22)8-12-13-4-6-21(27,17(26)10-23)20(13,2)9-16(25)18(12)19/h3,5,7-8,10,12-13,16,18,25,27H,4,6,9H2,1-2H3/t12-,13-,16-,18+,19-,20-,21-/m0/s1. The zero-order valence-electron chi connectivity index (χ0n) is 15.3. The van der Waals surface area contributed by atoms with E-state index < -0.39 is 28.3 Å². The second-order valence-electron chi connectivity index (χ2n) is 8.87. The van der Waals surface area contributed by atoms with Crippen LogP contribution in [0.25, 0.3) is 0 Å². The summed E-state index contributed by atoms with van der Waals surface area (Å²) in [7, 11) is 0. The van der Waals surface area contributed by atoms with Gasteiger partial charge in [0.15, 0.2) is 12.1 Å². The number of rotatable bonds is 2. The lowest BCUT2D eigenvalue weighted by molar-refractivity contribution is -0.170. The molecule has 144 valence electrons. The fraction of sp³-hybridized carbons (Fsp3) is 0.571. The number of allylic oxidation sites excluding steroid dienone is 6. The summed E-state index contributed by atoms with van der Waals surface area (Å²) in [5, 5.41) is 22.7. The molecule has 4 rings (SSSR count). The van der Waals surface area contributed by atoms with Gasteiger partial charge in [-0.15, -0.1) is 0 Å². The molecule has 0 aliphatic heterocycles. The lowest BCUT2D eigenvalue weighted by Gasteiger charge is -2.58. The summed E-state index contributed by atoms with van der Waals surface area (Å²) >= 11 is 6.55. The van der Waals surface area contributed by atoms with Gasteiger partial charge in [0.05, 0.1) is 6.10 Å². The molecule has 0 aromatic heterocycles. The number of fused-ring (bicyclic) bond motifs is 5. The predicted octanol–water partition coefficient (Wildman–Crippen LogP) is 2.11. The van der Waals surface area contributed by atoms with Crippen molar-refractivity contribution < 1.29 is 24.6 Å². The van der Waals surface area contributed by atoms with Crippen molar-refractivity contribution in [3.8, 4) is 0 Å². The number of aliphatic hydroxyl groups is 2. The minimum Gasteiger partial charge on any atom is -0.393 e. The van der Waals surface area contributed by atoms with Gasteiger partial charge in [0.2, 0.25) is 5.78 Å². The van der Waals surface area contributed by atoms with E-state index in [0.717, 1.165) is 0 Å². The molecule has 6 heteroatoms. The Kier molecular flexibility index (Phi) is 3.98. The molecule has 0 unspecified atom stereocenters. The average molecular weight is 391 g/mol. The van der Waals surface area contributed by atoms with Crippen LogP contribution in [0.3, 0.4) is 0 Å². The van der Waals surface area contributed by atoms with E-state index in [9.17, 15) is 24.6 Å². The van der Waals surface area contributed by atoms with Crippen LogP contribution >= 0.6 is 11.6 Å². The van der Waals surface area contributed by atoms with Crippen LogP contribution in [0.4, 0.5) is 0 Å². The molecule has 0 radical (unpaired) electrons. The monoisotopic (exact) mass is 390 g/mol. The molecule has 0 heterocycles. The highest BCUT2D eigenvalue weighted by molar-refractivity contribution is 6.33. The molecule has 2 fully saturated rings. The van der Waals surface area contributed by atoms with Crippen LogP contribution in [-0.2, 0) is 14.4 Å². The Balaban J connectivity index is 1.85. The van der Waals surface area contributed by atoms with Crippen LogP contribution in [0.15, 0.2) is 34.9 Å². The molecule has 4 aliphatic rings. The van der Waals surface area contributed by atoms with Crippen molar-refractivity contribution >= 4 is 29.5 Å². The van der Waals surface area contributed by atoms with E-state index in [2.05, 4.69) is 0 Å². The van der Waals surface area contributed by atoms with Crippen molar-refractivity contribution in [2.24, 2.45) is 28.6 Å². The number of Topliss-reactive ketones (excluding diaryl/α,β-unsaturated/α-hetero) is 1. The first-order chi connectivity index (χ1) is 12.6. The minimum absolute atomic E-state index is 0.0991. The van der Waals surface area contributed by atoms with E-state index in [1.54, 1.807) is 6.92 Å². The van der Waals surface area contributed by atoms with Gasteiger partial charge in [-0.25, -0.2) is 0 Å². The molecule has 0 bridgehead atoms. The van der Waals surface area contributed by atoms with Crippen LogP contribution in [0.2, 0.25) is 0 Å². The zero-order chi connectivity index (χ0) is 19.8. The highest BCUT2D eigenvalue weighted by atomic mass is 35.5. The van der Waals surface area contributed by atoms with Gasteiger partial charge in [-0.1, -0.05) is 37.6 Å². The highest BCUT2D eigenvalue weighted by Crippen LogP contribution is 2.66. The van der Waals surface area contributed by atoms with E-state index in [-0.39, 0.29) is 42.7 Å². The van der Waals surface area contributed by atoms with Gasteiger partial charge in [-0.2, -0.15) is 0 Å². The van der Waals surface area contributed by atoms with Gasteiger partial charge in [-0.3, -0.25) is 14.4 Å². The van der Waals surface area contributed by atoms with E-state index in [0.29, 0.717) is 17.0 Å². The molecule has 0 amide bonds. The molecular weight excluding hydrogens is 368 g/mol. The van der Waals surface area contributed by atoms with Crippen LogP contribution in [0.5, 0.6) is 0 Å². The molecule has 2 N–H and O–H groups in total. The topological polar surface area (TPSA) is 91.7 Å². The van der Waals surface area contributed by atoms with Crippen molar-refractivity contribution in [3.05, 3.63) is 34.9 Å². The third-order valence-electron chi connectivity index (χ3n) is 7.77. The number of aliphatic hydroxyl groups excluding tert-OH is 1. The van der Waals surface area contributed by atoms with Crippen molar-refractivity contribution in [2.45, 2.75) is 44.8 Å². The number of hydrogen-bond acceptors (Lipinski definition) is 5. The Hall–Kier alpha value is -1.56. The van der Waals surface area contributed by atoms with Gasteiger partial charge < -0.3 is 10.2 Å². The maximum absolute atomic E-state index is 12.3. The molecular formula is C21H23ClO5. The second kappa shape index (κ2) is 5.72. The average Bonchev–Trinajstić information content (AvgIpc) is 2.87. The van der Waals surface area contributed by atoms with E-state index in [1.165, 1.54) is 12.2 Å². The molecule has 4 aliphatic carbocycles. The van der Waals surface area contributed by atoms with Gasteiger partial charge in [0.1, 0.15) is 5.60 Å². The Morgan fingerprint density at radius 2 is 2.07 bits per heavy atom. The normalized spacial score (nSPS) is 48.1. The number of carbonyl (C=O) groups excluding carboxylic acids is 3. The smallest absolute Gasteiger partial charge is 0.227 e. The summed E-state index contributed by atoms with van der Waals surface area (Å²) in [4.78, 5) is 35.3. The number of aldehydes is 1.